The Morgan fingerprint density at radius 2 is 2.21 bits per heavy atom. The molecule has 1 atom stereocenters. The van der Waals surface area contributed by atoms with E-state index in [0.29, 0.717) is 12.5 Å². The first-order valence-corrected chi connectivity index (χ1v) is 6.32. The molecule has 0 spiro atoms. The van der Waals surface area contributed by atoms with Crippen molar-refractivity contribution in [2.45, 2.75) is 25.3 Å². The normalized spacial score (nSPS) is 17.3. The highest BCUT2D eigenvalue weighted by atomic mass is 35.5. The lowest BCUT2D eigenvalue weighted by molar-refractivity contribution is 0.0893. The van der Waals surface area contributed by atoms with Gasteiger partial charge in [0.1, 0.15) is 0 Å². The van der Waals surface area contributed by atoms with Crippen molar-refractivity contribution in [1.29, 1.82) is 0 Å². The molecular weight excluding hydrogens is 290 g/mol. The SMILES string of the molecule is CC(CN)(NC(=O)c1cccc(Cl)c1F)C1CC1.Cl. The van der Waals surface area contributed by atoms with Crippen LogP contribution < -0.4 is 11.1 Å². The number of halogens is 3. The number of nitrogens with one attached hydrogen (secondary N) is 1. The molecule has 0 heterocycles. The molecule has 19 heavy (non-hydrogen) atoms. The second kappa shape index (κ2) is 6.07. The minimum Gasteiger partial charge on any atom is -0.345 e. The summed E-state index contributed by atoms with van der Waals surface area (Å²) >= 11 is 5.66. The van der Waals surface area contributed by atoms with Gasteiger partial charge in [-0.1, -0.05) is 17.7 Å². The molecule has 1 unspecified atom stereocenters. The second-order valence-corrected chi connectivity index (χ2v) is 5.36. The molecule has 6 heteroatoms. The molecule has 1 saturated carbocycles. The molecule has 1 aromatic rings. The zero-order chi connectivity index (χ0) is 13.3. The van der Waals surface area contributed by atoms with Crippen LogP contribution in [0.1, 0.15) is 30.1 Å². The van der Waals surface area contributed by atoms with Crippen LogP contribution in [0.5, 0.6) is 0 Å². The largest absolute Gasteiger partial charge is 0.345 e. The first kappa shape index (κ1) is 16.2. The predicted octanol–water partition coefficient (Wildman–Crippen LogP) is 2.76. The lowest BCUT2D eigenvalue weighted by Gasteiger charge is -2.29. The lowest BCUT2D eigenvalue weighted by Crippen LogP contribution is -2.53. The lowest BCUT2D eigenvalue weighted by atomic mass is 9.95. The molecule has 0 saturated heterocycles. The van der Waals surface area contributed by atoms with Gasteiger partial charge in [0, 0.05) is 6.54 Å². The Bertz CT molecular complexity index is 480. The van der Waals surface area contributed by atoms with Gasteiger partial charge >= 0.3 is 0 Å². The van der Waals surface area contributed by atoms with Crippen LogP contribution in [0.4, 0.5) is 4.39 Å². The molecular formula is C13H17Cl2FN2O. The minimum atomic E-state index is -0.688. The molecule has 0 bridgehead atoms. The first-order valence-electron chi connectivity index (χ1n) is 5.94. The summed E-state index contributed by atoms with van der Waals surface area (Å²) in [4.78, 5) is 12.1. The van der Waals surface area contributed by atoms with Gasteiger partial charge in [-0.05, 0) is 37.8 Å². The topological polar surface area (TPSA) is 55.1 Å². The van der Waals surface area contributed by atoms with Crippen LogP contribution in [0.3, 0.4) is 0 Å². The van der Waals surface area contributed by atoms with Crippen molar-refractivity contribution in [3.8, 4) is 0 Å². The van der Waals surface area contributed by atoms with Gasteiger partial charge in [-0.2, -0.15) is 0 Å². The maximum absolute atomic E-state index is 13.7. The smallest absolute Gasteiger partial charge is 0.254 e. The summed E-state index contributed by atoms with van der Waals surface area (Å²) in [6, 6.07) is 4.38. The summed E-state index contributed by atoms with van der Waals surface area (Å²) in [7, 11) is 0. The number of nitrogens with two attached hydrogens (primary N) is 1. The standard InChI is InChI=1S/C13H16ClFN2O.ClH/c1-13(7-16,8-5-6-8)17-12(18)9-3-2-4-10(14)11(9)15;/h2-4,8H,5-7,16H2,1H3,(H,17,18);1H. The van der Waals surface area contributed by atoms with Crippen molar-refractivity contribution in [3.05, 3.63) is 34.6 Å². The van der Waals surface area contributed by atoms with Gasteiger partial charge in [0.15, 0.2) is 5.82 Å². The van der Waals surface area contributed by atoms with E-state index in [-0.39, 0.29) is 23.0 Å². The number of rotatable bonds is 4. The van der Waals surface area contributed by atoms with E-state index in [1.54, 1.807) is 6.07 Å². The molecule has 1 fully saturated rings. The third-order valence-electron chi connectivity index (χ3n) is 3.50. The molecule has 1 amide bonds. The Morgan fingerprint density at radius 1 is 1.58 bits per heavy atom. The van der Waals surface area contributed by atoms with Crippen LogP contribution in [0.25, 0.3) is 0 Å². The zero-order valence-corrected chi connectivity index (χ0v) is 12.2. The molecule has 0 radical (unpaired) electrons. The summed E-state index contributed by atoms with van der Waals surface area (Å²) in [5.41, 5.74) is 5.20. The summed E-state index contributed by atoms with van der Waals surface area (Å²) in [6.45, 7) is 2.23. The molecule has 1 aromatic carbocycles. The van der Waals surface area contributed by atoms with E-state index in [0.717, 1.165) is 12.8 Å². The monoisotopic (exact) mass is 306 g/mol. The number of hydrogen-bond acceptors (Lipinski definition) is 2. The summed E-state index contributed by atoms with van der Waals surface area (Å²) in [6.07, 6.45) is 2.10. The molecule has 1 aliphatic carbocycles. The Kier molecular flexibility index (Phi) is 5.18. The van der Waals surface area contributed by atoms with Crippen LogP contribution in [-0.4, -0.2) is 18.0 Å². The summed E-state index contributed by atoms with van der Waals surface area (Å²) in [5.74, 6) is -0.768. The Morgan fingerprint density at radius 3 is 2.74 bits per heavy atom. The third-order valence-corrected chi connectivity index (χ3v) is 3.79. The average Bonchev–Trinajstić information content (AvgIpc) is 3.16. The van der Waals surface area contributed by atoms with E-state index in [9.17, 15) is 9.18 Å². The van der Waals surface area contributed by atoms with Crippen molar-refractivity contribution in [2.24, 2.45) is 11.7 Å². The molecule has 1 aliphatic rings. The van der Waals surface area contributed by atoms with Crippen LogP contribution in [0.15, 0.2) is 18.2 Å². The van der Waals surface area contributed by atoms with Gasteiger partial charge in [0.25, 0.3) is 5.91 Å². The number of hydrogen-bond donors (Lipinski definition) is 2. The minimum absolute atomic E-state index is 0. The first-order chi connectivity index (χ1) is 8.48. The number of carbonyl (C=O) groups excluding carboxylic acids is 1. The fraction of sp³-hybridized carbons (Fsp3) is 0.462. The van der Waals surface area contributed by atoms with Gasteiger partial charge in [-0.15, -0.1) is 12.4 Å². The van der Waals surface area contributed by atoms with Gasteiger partial charge in [0.2, 0.25) is 0 Å². The van der Waals surface area contributed by atoms with Crippen molar-refractivity contribution in [1.82, 2.24) is 5.32 Å². The van der Waals surface area contributed by atoms with Crippen molar-refractivity contribution in [2.75, 3.05) is 6.54 Å². The summed E-state index contributed by atoms with van der Waals surface area (Å²) in [5, 5.41) is 2.77. The van der Waals surface area contributed by atoms with Gasteiger partial charge in [0.05, 0.1) is 16.1 Å². The highest BCUT2D eigenvalue weighted by Gasteiger charge is 2.41. The van der Waals surface area contributed by atoms with Gasteiger partial charge in [-0.25, -0.2) is 4.39 Å². The molecule has 0 aliphatic heterocycles. The number of carbonyl (C=O) groups is 1. The zero-order valence-electron chi connectivity index (χ0n) is 10.6. The van der Waals surface area contributed by atoms with Crippen LogP contribution >= 0.6 is 24.0 Å². The van der Waals surface area contributed by atoms with Gasteiger partial charge < -0.3 is 11.1 Å². The summed E-state index contributed by atoms with van der Waals surface area (Å²) < 4.78 is 13.7. The quantitative estimate of drug-likeness (QED) is 0.898. The maximum Gasteiger partial charge on any atom is 0.254 e. The molecule has 3 N–H and O–H groups in total. The van der Waals surface area contributed by atoms with Crippen molar-refractivity contribution < 1.29 is 9.18 Å². The maximum atomic E-state index is 13.7. The number of amides is 1. The Labute approximate surface area is 123 Å². The molecule has 3 nitrogen and oxygen atoms in total. The van der Waals surface area contributed by atoms with Crippen LogP contribution in [0, 0.1) is 11.7 Å². The predicted molar refractivity (Wildman–Crippen MR) is 76.3 cm³/mol. The van der Waals surface area contributed by atoms with E-state index in [1.165, 1.54) is 12.1 Å². The van der Waals surface area contributed by atoms with E-state index in [1.807, 2.05) is 6.92 Å². The fourth-order valence-corrected chi connectivity index (χ4v) is 2.22. The molecule has 0 aromatic heterocycles. The van der Waals surface area contributed by atoms with E-state index < -0.39 is 17.3 Å². The van der Waals surface area contributed by atoms with E-state index >= 15 is 0 Å². The molecule has 2 rings (SSSR count). The van der Waals surface area contributed by atoms with Crippen LogP contribution in [-0.2, 0) is 0 Å². The fourth-order valence-electron chi connectivity index (χ4n) is 2.05. The third kappa shape index (κ3) is 3.38. The molecule has 106 valence electrons. The Hall–Kier alpha value is -0.840. The number of benzene rings is 1. The highest BCUT2D eigenvalue weighted by molar-refractivity contribution is 6.31. The second-order valence-electron chi connectivity index (χ2n) is 4.95. The highest BCUT2D eigenvalue weighted by Crippen LogP contribution is 2.39. The Balaban J connectivity index is 0.00000180. The van der Waals surface area contributed by atoms with Crippen molar-refractivity contribution in [3.63, 3.8) is 0 Å². The van der Waals surface area contributed by atoms with E-state index in [4.69, 9.17) is 17.3 Å². The van der Waals surface area contributed by atoms with Gasteiger partial charge in [-0.3, -0.25) is 4.79 Å². The van der Waals surface area contributed by atoms with Crippen molar-refractivity contribution >= 4 is 29.9 Å². The average molecular weight is 307 g/mol. The van der Waals surface area contributed by atoms with E-state index in [2.05, 4.69) is 5.32 Å². The van der Waals surface area contributed by atoms with Crippen LogP contribution in [0.2, 0.25) is 5.02 Å².